The maximum Gasteiger partial charge on any atom is 0.228 e. The number of benzene rings is 1. The van der Waals surface area contributed by atoms with Crippen LogP contribution in [0.15, 0.2) is 6.07 Å². The van der Waals surface area contributed by atoms with Crippen LogP contribution in [0.25, 0.3) is 0 Å². The highest BCUT2D eigenvalue weighted by Gasteiger charge is 2.34. The van der Waals surface area contributed by atoms with Crippen molar-refractivity contribution >= 4 is 18.1 Å². The summed E-state index contributed by atoms with van der Waals surface area (Å²) in [5, 5.41) is 0. The Morgan fingerprint density at radius 2 is 1.87 bits per heavy atom. The molecule has 0 spiro atoms. The first-order valence-corrected chi connectivity index (χ1v) is 10.2. The number of ether oxygens (including phenoxy) is 1. The van der Waals surface area contributed by atoms with Gasteiger partial charge in [0.15, 0.2) is 28.0 Å². The predicted octanol–water partition coefficient (Wildman–Crippen LogP) is 3.62. The number of nitrogens with one attached hydrogen (secondary N) is 1. The number of nitrogens with zero attached hydrogens (tertiary/aromatic N) is 2. The molecule has 162 valence electrons. The number of aromatic amines is 1. The number of H-pyrrole nitrogens is 1. The lowest BCUT2D eigenvalue weighted by atomic mass is 9.94. The zero-order valence-electron chi connectivity index (χ0n) is 16.3. The van der Waals surface area contributed by atoms with Gasteiger partial charge in [0, 0.05) is 61.8 Å². The highest BCUT2D eigenvalue weighted by molar-refractivity contribution is 7.71. The fraction of sp³-hybridized carbons (Fsp3) is 0.500. The second kappa shape index (κ2) is 8.14. The summed E-state index contributed by atoms with van der Waals surface area (Å²) in [7, 11) is 1.74. The highest BCUT2D eigenvalue weighted by Crippen LogP contribution is 2.36. The molecule has 2 aliphatic heterocycles. The second-order valence-electron chi connectivity index (χ2n) is 7.77. The van der Waals surface area contributed by atoms with Crippen LogP contribution >= 0.6 is 12.2 Å². The van der Waals surface area contributed by atoms with Crippen LogP contribution < -0.4 is 0 Å². The first kappa shape index (κ1) is 21.0. The van der Waals surface area contributed by atoms with Crippen molar-refractivity contribution in [2.75, 3.05) is 20.3 Å². The molecule has 4 rings (SSSR count). The van der Waals surface area contributed by atoms with Gasteiger partial charge in [0.1, 0.15) is 0 Å². The van der Waals surface area contributed by atoms with E-state index >= 15 is 0 Å². The van der Waals surface area contributed by atoms with E-state index in [9.17, 15) is 22.4 Å². The van der Waals surface area contributed by atoms with Crippen LogP contribution in [-0.4, -0.2) is 46.7 Å². The zero-order chi connectivity index (χ0) is 21.6. The third kappa shape index (κ3) is 3.66. The van der Waals surface area contributed by atoms with E-state index in [0.29, 0.717) is 29.4 Å². The van der Waals surface area contributed by atoms with Gasteiger partial charge < -0.3 is 19.2 Å². The zero-order valence-corrected chi connectivity index (χ0v) is 17.1. The average molecular weight is 443 g/mol. The third-order valence-electron chi connectivity index (χ3n) is 6.03. The standard InChI is InChI=1S/C20H21F4N3O2S/c1-26(11-2-4-29-5-3-11)16(28)8-14-15-6-10(9-27(15)20(30)25-14)17-18(23)12(21)7-13(22)19(17)24/h7,10-11H,2-6,8-9H2,1H3,(H,25,30). The molecule has 0 bridgehead atoms. The number of carbonyl (C=O) groups is 1. The monoisotopic (exact) mass is 443 g/mol. The lowest BCUT2D eigenvalue weighted by Crippen LogP contribution is -2.41. The molecule has 1 aromatic heterocycles. The van der Waals surface area contributed by atoms with Crippen LogP contribution in [0.4, 0.5) is 17.6 Å². The Kier molecular flexibility index (Phi) is 5.71. The Balaban J connectivity index is 1.56. The Labute approximate surface area is 175 Å². The van der Waals surface area contributed by atoms with Gasteiger partial charge in [-0.25, -0.2) is 17.6 Å². The molecule has 5 nitrogen and oxygen atoms in total. The normalized spacial score (nSPS) is 19.2. The molecule has 0 saturated carbocycles. The molecule has 30 heavy (non-hydrogen) atoms. The molecular formula is C20H21F4N3O2S. The fourth-order valence-corrected chi connectivity index (χ4v) is 4.65. The Morgan fingerprint density at radius 1 is 1.23 bits per heavy atom. The van der Waals surface area contributed by atoms with Crippen molar-refractivity contribution in [1.29, 1.82) is 0 Å². The van der Waals surface area contributed by atoms with Crippen molar-refractivity contribution in [2.45, 2.75) is 44.2 Å². The minimum atomic E-state index is -1.43. The van der Waals surface area contributed by atoms with E-state index in [2.05, 4.69) is 4.98 Å². The second-order valence-corrected chi connectivity index (χ2v) is 8.16. The van der Waals surface area contributed by atoms with Crippen molar-refractivity contribution in [3.8, 4) is 0 Å². The molecule has 1 atom stereocenters. The Bertz CT molecular complexity index is 1020. The number of amides is 1. The summed E-state index contributed by atoms with van der Waals surface area (Å²) in [6.07, 6.45) is 1.69. The summed E-state index contributed by atoms with van der Waals surface area (Å²) in [6, 6.07) is 0.294. The topological polar surface area (TPSA) is 50.3 Å². The maximum absolute atomic E-state index is 14.3. The van der Waals surface area contributed by atoms with Crippen LogP contribution in [0.2, 0.25) is 0 Å². The number of hydrogen-bond donors (Lipinski definition) is 1. The number of rotatable bonds is 4. The van der Waals surface area contributed by atoms with E-state index in [1.165, 1.54) is 0 Å². The Morgan fingerprint density at radius 3 is 2.50 bits per heavy atom. The summed E-state index contributed by atoms with van der Waals surface area (Å²) in [5.41, 5.74) is 0.563. The van der Waals surface area contributed by atoms with E-state index < -0.39 is 34.8 Å². The van der Waals surface area contributed by atoms with Crippen LogP contribution in [0.3, 0.4) is 0 Å². The van der Waals surface area contributed by atoms with E-state index in [1.807, 2.05) is 0 Å². The number of halogens is 4. The smallest absolute Gasteiger partial charge is 0.228 e. The first-order valence-electron chi connectivity index (χ1n) is 9.74. The number of fused-ring (bicyclic) bond motifs is 1. The molecule has 1 amide bonds. The molecule has 2 aromatic rings. The van der Waals surface area contributed by atoms with E-state index in [1.54, 1.807) is 16.5 Å². The molecule has 1 N–H and O–H groups in total. The Hall–Kier alpha value is -2.20. The number of hydrogen-bond acceptors (Lipinski definition) is 3. The van der Waals surface area contributed by atoms with Crippen LogP contribution in [-0.2, 0) is 28.9 Å². The van der Waals surface area contributed by atoms with E-state index in [-0.39, 0.29) is 37.4 Å². The minimum absolute atomic E-state index is 0.0506. The van der Waals surface area contributed by atoms with Crippen molar-refractivity contribution in [2.24, 2.45) is 0 Å². The van der Waals surface area contributed by atoms with Crippen LogP contribution in [0.1, 0.15) is 35.7 Å². The van der Waals surface area contributed by atoms with Crippen LogP contribution in [0.5, 0.6) is 0 Å². The quantitative estimate of drug-likeness (QED) is 0.446. The van der Waals surface area contributed by atoms with Gasteiger partial charge >= 0.3 is 0 Å². The van der Waals surface area contributed by atoms with Gasteiger partial charge in [-0.1, -0.05) is 0 Å². The van der Waals surface area contributed by atoms with Gasteiger partial charge in [0.05, 0.1) is 6.42 Å². The molecule has 1 fully saturated rings. The third-order valence-corrected chi connectivity index (χ3v) is 6.36. The number of likely N-dealkylation sites (N-methyl/N-ethyl adjacent to an activating group) is 1. The largest absolute Gasteiger partial charge is 0.381 e. The molecular weight excluding hydrogens is 422 g/mol. The van der Waals surface area contributed by atoms with Crippen molar-refractivity contribution in [1.82, 2.24) is 14.5 Å². The molecule has 1 saturated heterocycles. The SMILES string of the molecule is CN(C(=O)Cc1[nH]c(=S)n2c1CC(c1c(F)c(F)cc(F)c1F)C2)C1CCOCC1. The van der Waals surface area contributed by atoms with Crippen molar-refractivity contribution in [3.63, 3.8) is 0 Å². The maximum atomic E-state index is 14.3. The molecule has 1 aromatic carbocycles. The predicted molar refractivity (Wildman–Crippen MR) is 103 cm³/mol. The van der Waals surface area contributed by atoms with Crippen LogP contribution in [0, 0.1) is 28.0 Å². The lowest BCUT2D eigenvalue weighted by Gasteiger charge is -2.31. The molecule has 0 radical (unpaired) electrons. The van der Waals surface area contributed by atoms with E-state index in [4.69, 9.17) is 17.0 Å². The number of aromatic nitrogens is 2. The molecule has 3 heterocycles. The molecule has 2 aliphatic rings. The van der Waals surface area contributed by atoms with E-state index in [0.717, 1.165) is 12.8 Å². The summed E-state index contributed by atoms with van der Waals surface area (Å²) in [6.45, 7) is 1.29. The van der Waals surface area contributed by atoms with Crippen molar-refractivity contribution < 1.29 is 27.1 Å². The highest BCUT2D eigenvalue weighted by atomic mass is 32.1. The number of carbonyl (C=O) groups excluding carboxylic acids is 1. The molecule has 0 aliphatic carbocycles. The summed E-state index contributed by atoms with van der Waals surface area (Å²) in [5.74, 6) is -6.58. The fourth-order valence-electron chi connectivity index (χ4n) is 4.34. The van der Waals surface area contributed by atoms with Gasteiger partial charge in [0.2, 0.25) is 5.91 Å². The van der Waals surface area contributed by atoms with Crippen molar-refractivity contribution in [3.05, 3.63) is 51.1 Å². The molecule has 10 heteroatoms. The summed E-state index contributed by atoms with van der Waals surface area (Å²) in [4.78, 5) is 17.5. The summed E-state index contributed by atoms with van der Waals surface area (Å²) >= 11 is 5.29. The van der Waals surface area contributed by atoms with Gasteiger partial charge in [-0.2, -0.15) is 0 Å². The molecule has 1 unspecified atom stereocenters. The summed E-state index contributed by atoms with van der Waals surface area (Å²) < 4.78 is 63.1. The minimum Gasteiger partial charge on any atom is -0.381 e. The number of imidazole rings is 1. The first-order chi connectivity index (χ1) is 14.3. The van der Waals surface area contributed by atoms with Gasteiger partial charge in [-0.15, -0.1) is 0 Å². The van der Waals surface area contributed by atoms with Gasteiger partial charge in [-0.3, -0.25) is 4.79 Å². The van der Waals surface area contributed by atoms with Gasteiger partial charge in [-0.05, 0) is 31.5 Å². The lowest BCUT2D eigenvalue weighted by molar-refractivity contribution is -0.132. The van der Waals surface area contributed by atoms with Gasteiger partial charge in [0.25, 0.3) is 0 Å². The average Bonchev–Trinajstić information content (AvgIpc) is 3.28.